The zero-order chi connectivity index (χ0) is 11.5. The van der Waals surface area contributed by atoms with Crippen molar-refractivity contribution in [3.63, 3.8) is 0 Å². The molecule has 2 N–H and O–H groups in total. The van der Waals surface area contributed by atoms with E-state index >= 15 is 0 Å². The molecule has 0 radical (unpaired) electrons. The fraction of sp³-hybridized carbons (Fsp3) is 0.462. The molecule has 2 rings (SSSR count). The Morgan fingerprint density at radius 1 is 1.44 bits per heavy atom. The summed E-state index contributed by atoms with van der Waals surface area (Å²) in [5, 5.41) is 12.3. The summed E-state index contributed by atoms with van der Waals surface area (Å²) in [6.07, 6.45) is 2.57. The van der Waals surface area contributed by atoms with E-state index in [1.807, 2.05) is 24.3 Å². The van der Waals surface area contributed by atoms with Gasteiger partial charge in [0.15, 0.2) is 0 Å². The van der Waals surface area contributed by atoms with Gasteiger partial charge in [0.2, 0.25) is 0 Å². The highest BCUT2D eigenvalue weighted by molar-refractivity contribution is 5.75. The maximum atomic E-state index is 10.8. The van der Waals surface area contributed by atoms with Gasteiger partial charge in [0, 0.05) is 12.6 Å². The van der Waals surface area contributed by atoms with Crippen LogP contribution in [0.4, 0.5) is 0 Å². The van der Waals surface area contributed by atoms with Crippen molar-refractivity contribution in [2.24, 2.45) is 0 Å². The molecule has 0 spiro atoms. The zero-order valence-corrected chi connectivity index (χ0v) is 9.44. The summed E-state index contributed by atoms with van der Waals surface area (Å²) in [6, 6.07) is 8.53. The Morgan fingerprint density at radius 3 is 2.56 bits per heavy atom. The number of nitrogens with one attached hydrogen (secondary N) is 1. The summed E-state index contributed by atoms with van der Waals surface area (Å²) >= 11 is 0. The predicted molar refractivity (Wildman–Crippen MR) is 62.4 cm³/mol. The Bertz CT molecular complexity index is 368. The van der Waals surface area contributed by atoms with E-state index in [-0.39, 0.29) is 0 Å². The molecule has 0 aliphatic heterocycles. The average molecular weight is 219 g/mol. The van der Waals surface area contributed by atoms with E-state index in [1.165, 1.54) is 18.4 Å². The van der Waals surface area contributed by atoms with Crippen LogP contribution in [0, 0.1) is 0 Å². The lowest BCUT2D eigenvalue weighted by Gasteiger charge is -2.08. The van der Waals surface area contributed by atoms with Crippen molar-refractivity contribution in [2.45, 2.75) is 38.3 Å². The lowest BCUT2D eigenvalue weighted by atomic mass is 10.0. The Kier molecular flexibility index (Phi) is 3.25. The van der Waals surface area contributed by atoms with Gasteiger partial charge in [-0.1, -0.05) is 24.3 Å². The third kappa shape index (κ3) is 2.83. The van der Waals surface area contributed by atoms with Crippen LogP contribution in [0.2, 0.25) is 0 Å². The van der Waals surface area contributed by atoms with Crippen molar-refractivity contribution in [1.29, 1.82) is 0 Å². The van der Waals surface area contributed by atoms with E-state index in [1.54, 1.807) is 6.92 Å². The van der Waals surface area contributed by atoms with Gasteiger partial charge in [-0.2, -0.15) is 0 Å². The smallest absolute Gasteiger partial charge is 0.310 e. The first-order valence-electron chi connectivity index (χ1n) is 5.72. The van der Waals surface area contributed by atoms with E-state index in [0.717, 1.165) is 12.1 Å². The summed E-state index contributed by atoms with van der Waals surface area (Å²) in [7, 11) is 0. The Balaban J connectivity index is 1.94. The van der Waals surface area contributed by atoms with E-state index < -0.39 is 11.9 Å². The van der Waals surface area contributed by atoms with Crippen LogP contribution >= 0.6 is 0 Å². The lowest BCUT2D eigenvalue weighted by Crippen LogP contribution is -2.15. The number of aliphatic carboxylic acids is 1. The number of carboxylic acid groups (broad SMARTS) is 1. The molecule has 3 heteroatoms. The number of hydrogen-bond acceptors (Lipinski definition) is 2. The second-order valence-corrected chi connectivity index (χ2v) is 4.46. The van der Waals surface area contributed by atoms with Gasteiger partial charge in [-0.15, -0.1) is 0 Å². The van der Waals surface area contributed by atoms with Crippen LogP contribution < -0.4 is 5.32 Å². The standard InChI is InChI=1S/C13H17NO2/c1-9(13(15)16)11-4-2-10(3-5-11)8-14-12-6-7-12/h2-5,9,12,14H,6-8H2,1H3,(H,15,16). The van der Waals surface area contributed by atoms with E-state index in [4.69, 9.17) is 5.11 Å². The molecule has 86 valence electrons. The van der Waals surface area contributed by atoms with E-state index in [0.29, 0.717) is 6.04 Å². The van der Waals surface area contributed by atoms with E-state index in [2.05, 4.69) is 5.32 Å². The topological polar surface area (TPSA) is 49.3 Å². The molecule has 1 fully saturated rings. The molecule has 0 heterocycles. The van der Waals surface area contributed by atoms with Crippen LogP contribution in [0.25, 0.3) is 0 Å². The highest BCUT2D eigenvalue weighted by atomic mass is 16.4. The molecular weight excluding hydrogens is 202 g/mol. The molecule has 1 aromatic rings. The Hall–Kier alpha value is -1.35. The fourth-order valence-corrected chi connectivity index (χ4v) is 1.62. The molecule has 1 aliphatic rings. The summed E-state index contributed by atoms with van der Waals surface area (Å²) in [5.74, 6) is -1.20. The Labute approximate surface area is 95.5 Å². The van der Waals surface area contributed by atoms with Crippen molar-refractivity contribution in [3.8, 4) is 0 Å². The molecule has 1 aromatic carbocycles. The first kappa shape index (κ1) is 11.1. The van der Waals surface area contributed by atoms with Crippen molar-refractivity contribution in [1.82, 2.24) is 5.32 Å². The average Bonchev–Trinajstić information content (AvgIpc) is 3.10. The van der Waals surface area contributed by atoms with Crippen LogP contribution in [0.3, 0.4) is 0 Å². The molecule has 16 heavy (non-hydrogen) atoms. The number of benzene rings is 1. The molecular formula is C13H17NO2. The van der Waals surface area contributed by atoms with Crippen LogP contribution in [0.5, 0.6) is 0 Å². The van der Waals surface area contributed by atoms with Crippen molar-refractivity contribution >= 4 is 5.97 Å². The summed E-state index contributed by atoms with van der Waals surface area (Å²) in [5.41, 5.74) is 2.08. The molecule has 0 saturated heterocycles. The molecule has 1 saturated carbocycles. The van der Waals surface area contributed by atoms with Gasteiger partial charge in [0.05, 0.1) is 5.92 Å². The first-order valence-corrected chi connectivity index (χ1v) is 5.72. The first-order chi connectivity index (χ1) is 7.66. The summed E-state index contributed by atoms with van der Waals surface area (Å²) < 4.78 is 0. The number of carboxylic acids is 1. The predicted octanol–water partition coefficient (Wildman–Crippen LogP) is 2.13. The molecule has 1 atom stereocenters. The van der Waals surface area contributed by atoms with Gasteiger partial charge < -0.3 is 10.4 Å². The molecule has 0 bridgehead atoms. The zero-order valence-electron chi connectivity index (χ0n) is 9.44. The maximum Gasteiger partial charge on any atom is 0.310 e. The number of carbonyl (C=O) groups is 1. The van der Waals surface area contributed by atoms with Gasteiger partial charge >= 0.3 is 5.97 Å². The third-order valence-corrected chi connectivity index (χ3v) is 3.02. The quantitative estimate of drug-likeness (QED) is 0.797. The Morgan fingerprint density at radius 2 is 2.06 bits per heavy atom. The minimum absolute atomic E-state index is 0.426. The van der Waals surface area contributed by atoms with Crippen LogP contribution in [0.15, 0.2) is 24.3 Å². The van der Waals surface area contributed by atoms with Gasteiger partial charge in [0.1, 0.15) is 0 Å². The highest BCUT2D eigenvalue weighted by Crippen LogP contribution is 2.20. The number of rotatable bonds is 5. The number of hydrogen-bond donors (Lipinski definition) is 2. The molecule has 1 unspecified atom stereocenters. The monoisotopic (exact) mass is 219 g/mol. The minimum atomic E-state index is -0.774. The second kappa shape index (κ2) is 4.66. The van der Waals surface area contributed by atoms with Crippen molar-refractivity contribution in [2.75, 3.05) is 0 Å². The van der Waals surface area contributed by atoms with Gasteiger partial charge in [-0.05, 0) is 30.9 Å². The molecule has 0 aromatic heterocycles. The second-order valence-electron chi connectivity index (χ2n) is 4.46. The highest BCUT2D eigenvalue weighted by Gasteiger charge is 2.20. The normalized spacial score (nSPS) is 17.1. The molecule has 1 aliphatic carbocycles. The van der Waals surface area contributed by atoms with Crippen molar-refractivity contribution < 1.29 is 9.90 Å². The largest absolute Gasteiger partial charge is 0.481 e. The van der Waals surface area contributed by atoms with Crippen LogP contribution in [-0.4, -0.2) is 17.1 Å². The third-order valence-electron chi connectivity index (χ3n) is 3.02. The van der Waals surface area contributed by atoms with Gasteiger partial charge in [0.25, 0.3) is 0 Å². The minimum Gasteiger partial charge on any atom is -0.481 e. The fourth-order valence-electron chi connectivity index (χ4n) is 1.62. The van der Waals surface area contributed by atoms with Crippen LogP contribution in [0.1, 0.15) is 36.8 Å². The maximum absolute atomic E-state index is 10.8. The summed E-state index contributed by atoms with van der Waals surface area (Å²) in [6.45, 7) is 2.59. The molecule has 3 nitrogen and oxygen atoms in total. The molecule has 0 amide bonds. The van der Waals surface area contributed by atoms with E-state index in [9.17, 15) is 4.79 Å². The van der Waals surface area contributed by atoms with Crippen LogP contribution in [-0.2, 0) is 11.3 Å². The summed E-state index contributed by atoms with van der Waals surface area (Å²) in [4.78, 5) is 10.8. The van der Waals surface area contributed by atoms with Gasteiger partial charge in [-0.25, -0.2) is 0 Å². The SMILES string of the molecule is CC(C(=O)O)c1ccc(CNC2CC2)cc1. The van der Waals surface area contributed by atoms with Crippen molar-refractivity contribution in [3.05, 3.63) is 35.4 Å². The lowest BCUT2D eigenvalue weighted by molar-refractivity contribution is -0.138. The van der Waals surface area contributed by atoms with Gasteiger partial charge in [-0.3, -0.25) is 4.79 Å².